The average Bonchev–Trinajstić information content (AvgIpc) is 2.38. The quantitative estimate of drug-likeness (QED) is 0.659. The fourth-order valence-electron chi connectivity index (χ4n) is 1.52. The van der Waals surface area contributed by atoms with Crippen LogP contribution in [0.3, 0.4) is 0 Å². The Morgan fingerprint density at radius 2 is 2.05 bits per heavy atom. The number of carbonyl (C=O) groups is 1. The zero-order valence-corrected chi connectivity index (χ0v) is 10.2. The van der Waals surface area contributed by atoms with Crippen LogP contribution in [-0.4, -0.2) is 23.7 Å². The van der Waals surface area contributed by atoms with Gasteiger partial charge in [-0.15, -0.1) is 0 Å². The Morgan fingerprint density at radius 1 is 1.40 bits per heavy atom. The molecule has 0 aliphatic carbocycles. The van der Waals surface area contributed by atoms with Crippen molar-refractivity contribution in [2.45, 2.75) is 12.6 Å². The third-order valence-corrected chi connectivity index (χ3v) is 2.41. The maximum absolute atomic E-state index is 12.0. The highest BCUT2D eigenvalue weighted by Gasteiger charge is 2.38. The lowest BCUT2D eigenvalue weighted by Gasteiger charge is -2.09. The molecule has 0 saturated heterocycles. The molecule has 0 heterocycles. The topological polar surface area (TPSA) is 77.5 Å². The minimum atomic E-state index is -4.92. The van der Waals surface area contributed by atoms with Crippen molar-refractivity contribution >= 4 is 11.7 Å². The lowest BCUT2D eigenvalue weighted by Crippen LogP contribution is -2.37. The maximum atomic E-state index is 12.0. The summed E-state index contributed by atoms with van der Waals surface area (Å²) in [6.45, 7) is -0.237. The van der Waals surface area contributed by atoms with Gasteiger partial charge in [-0.2, -0.15) is 13.2 Å². The molecule has 0 aromatic heterocycles. The van der Waals surface area contributed by atoms with E-state index in [9.17, 15) is 23.1 Å². The lowest BCUT2D eigenvalue weighted by molar-refractivity contribution is -0.173. The molecule has 1 rings (SSSR count). The Morgan fingerprint density at radius 3 is 2.65 bits per heavy atom. The molecule has 0 fully saturated rings. The van der Waals surface area contributed by atoms with E-state index >= 15 is 0 Å². The summed E-state index contributed by atoms with van der Waals surface area (Å²) < 4.78 is 35.9. The molecule has 8 heteroatoms. The number of diazo groups is 1. The van der Waals surface area contributed by atoms with Gasteiger partial charge in [-0.1, -0.05) is 24.3 Å². The van der Waals surface area contributed by atoms with Crippen LogP contribution in [0.1, 0.15) is 11.1 Å². The van der Waals surface area contributed by atoms with Crippen LogP contribution < -0.4 is 5.32 Å². The van der Waals surface area contributed by atoms with E-state index in [0.717, 1.165) is 6.20 Å². The average molecular weight is 286 g/mol. The Hall–Kier alpha value is -2.56. The fraction of sp³-hybridized carbons (Fsp3) is 0.250. The summed E-state index contributed by atoms with van der Waals surface area (Å²) in [5, 5.41) is 19.6. The first-order valence-corrected chi connectivity index (χ1v) is 5.53. The van der Waals surface area contributed by atoms with Crippen LogP contribution in [0, 0.1) is 5.39 Å². The van der Waals surface area contributed by atoms with Crippen LogP contribution in [0.25, 0.3) is 10.7 Å². The predicted molar refractivity (Wildman–Crippen MR) is 64.9 cm³/mol. The molecular weight excluding hydrogens is 275 g/mol. The maximum Gasteiger partial charge on any atom is 0.471 e. The van der Waals surface area contributed by atoms with Crippen molar-refractivity contribution in [3.63, 3.8) is 0 Å². The summed E-state index contributed by atoms with van der Waals surface area (Å²) in [5.41, 5.74) is 0.818. The number of rotatable bonds is 4. The minimum absolute atomic E-state index is 0.0846. The van der Waals surface area contributed by atoms with Crippen molar-refractivity contribution in [3.8, 4) is 0 Å². The van der Waals surface area contributed by atoms with Gasteiger partial charge in [0.25, 0.3) is 0 Å². The van der Waals surface area contributed by atoms with Crippen LogP contribution in [0.15, 0.2) is 30.5 Å². The molecule has 0 aliphatic heterocycles. The van der Waals surface area contributed by atoms with Crippen LogP contribution in [-0.2, 0) is 11.2 Å². The van der Waals surface area contributed by atoms with Crippen molar-refractivity contribution in [1.29, 1.82) is 5.39 Å². The number of hydrogen-bond donors (Lipinski definition) is 2. The van der Waals surface area contributed by atoms with Crippen molar-refractivity contribution in [2.24, 2.45) is 0 Å². The second kappa shape index (κ2) is 6.56. The summed E-state index contributed by atoms with van der Waals surface area (Å²) in [7, 11) is 0. The second-order valence-corrected chi connectivity index (χ2v) is 3.79. The Balaban J connectivity index is 2.73. The van der Waals surface area contributed by atoms with Gasteiger partial charge in [-0.05, 0) is 12.0 Å². The van der Waals surface area contributed by atoms with Crippen LogP contribution >= 0.6 is 0 Å². The molecule has 0 aliphatic rings. The Labute approximate surface area is 112 Å². The normalized spacial score (nSPS) is 11.8. The van der Waals surface area contributed by atoms with Crippen molar-refractivity contribution < 1.29 is 23.1 Å². The van der Waals surface area contributed by atoms with E-state index < -0.39 is 12.1 Å². The van der Waals surface area contributed by atoms with Gasteiger partial charge in [0.15, 0.2) is 4.98 Å². The van der Waals surface area contributed by atoms with Gasteiger partial charge < -0.3 is 10.4 Å². The van der Waals surface area contributed by atoms with E-state index in [1.54, 1.807) is 23.5 Å². The molecule has 106 valence electrons. The molecule has 5 nitrogen and oxygen atoms in total. The molecule has 0 spiro atoms. The molecule has 0 unspecified atom stereocenters. The number of alkyl halides is 3. The number of amides is 1. The van der Waals surface area contributed by atoms with Crippen LogP contribution in [0.5, 0.6) is 0 Å². The first-order valence-electron chi connectivity index (χ1n) is 5.53. The van der Waals surface area contributed by atoms with E-state index in [2.05, 4.69) is 4.98 Å². The van der Waals surface area contributed by atoms with Gasteiger partial charge in [-0.3, -0.25) is 4.79 Å². The van der Waals surface area contributed by atoms with Gasteiger partial charge in [0.1, 0.15) is 0 Å². The molecule has 2 N–H and O–H groups in total. The van der Waals surface area contributed by atoms with Crippen molar-refractivity contribution in [2.75, 3.05) is 6.54 Å². The first-order chi connectivity index (χ1) is 9.36. The Kier molecular flexibility index (Phi) is 5.08. The largest absolute Gasteiger partial charge is 0.501 e. The summed E-state index contributed by atoms with van der Waals surface area (Å²) >= 11 is 0. The summed E-state index contributed by atoms with van der Waals surface area (Å²) in [4.78, 5) is 13.3. The number of nitrogens with zero attached hydrogens (tertiary/aromatic N) is 2. The first kappa shape index (κ1) is 15.5. The summed E-state index contributed by atoms with van der Waals surface area (Å²) in [5.74, 6) is -2.34. The standard InChI is InChI=1S/C12H10F3N3O2/c13-12(14,15)11(20)17-6-5-8-3-1-2-4-9(8)10(19)7-18-16/h1-4,7H,5-6H2,(H-,17,19,20)/p+1/b10-7-. The molecule has 0 radical (unpaired) electrons. The van der Waals surface area contributed by atoms with E-state index in [0.29, 0.717) is 11.1 Å². The van der Waals surface area contributed by atoms with Gasteiger partial charge >= 0.3 is 18.3 Å². The second-order valence-electron chi connectivity index (χ2n) is 3.79. The molecule has 0 saturated carbocycles. The summed E-state index contributed by atoms with van der Waals surface area (Å²) in [6.07, 6.45) is -4.04. The summed E-state index contributed by atoms with van der Waals surface area (Å²) in [6, 6.07) is 6.33. The third-order valence-electron chi connectivity index (χ3n) is 2.41. The lowest BCUT2D eigenvalue weighted by atomic mass is 10.0. The zero-order chi connectivity index (χ0) is 15.2. The Bertz CT molecular complexity index is 562. The number of aliphatic hydroxyl groups excluding tert-OH is 1. The van der Waals surface area contributed by atoms with Gasteiger partial charge in [-0.25, -0.2) is 0 Å². The SMILES string of the molecule is N#[N+]/C=C(\O)c1ccccc1CCNC(=O)C(F)(F)F. The minimum Gasteiger partial charge on any atom is -0.501 e. The van der Waals surface area contributed by atoms with Crippen molar-refractivity contribution in [3.05, 3.63) is 46.6 Å². The van der Waals surface area contributed by atoms with E-state index in [1.807, 2.05) is 0 Å². The smallest absolute Gasteiger partial charge is 0.471 e. The number of hydrogen-bond acceptors (Lipinski definition) is 3. The molecule has 0 bridgehead atoms. The number of carbonyl (C=O) groups excluding carboxylic acids is 1. The highest BCUT2D eigenvalue weighted by atomic mass is 19.4. The van der Waals surface area contributed by atoms with Crippen LogP contribution in [0.4, 0.5) is 13.2 Å². The third kappa shape index (κ3) is 4.28. The number of halogens is 3. The number of nitrogens with one attached hydrogen (secondary N) is 1. The fourth-order valence-corrected chi connectivity index (χ4v) is 1.52. The van der Waals surface area contributed by atoms with Crippen molar-refractivity contribution in [1.82, 2.24) is 5.32 Å². The predicted octanol–water partition coefficient (Wildman–Crippen LogP) is 2.62. The molecule has 20 heavy (non-hydrogen) atoms. The van der Waals surface area contributed by atoms with Gasteiger partial charge in [0.05, 0.1) is 0 Å². The van der Waals surface area contributed by atoms with Gasteiger partial charge in [0.2, 0.25) is 11.2 Å². The monoisotopic (exact) mass is 286 g/mol. The molecule has 0 atom stereocenters. The molecule has 1 amide bonds. The molecule has 1 aromatic carbocycles. The van der Waals surface area contributed by atoms with E-state index in [4.69, 9.17) is 5.39 Å². The molecule has 1 aromatic rings. The van der Waals surface area contributed by atoms with E-state index in [-0.39, 0.29) is 18.7 Å². The van der Waals surface area contributed by atoms with Gasteiger partial charge in [0, 0.05) is 12.1 Å². The highest BCUT2D eigenvalue weighted by Crippen LogP contribution is 2.18. The number of benzene rings is 1. The number of aliphatic hydroxyl groups is 1. The molecular formula is C12H11F3N3O2+. The van der Waals surface area contributed by atoms with E-state index in [1.165, 1.54) is 6.07 Å². The van der Waals surface area contributed by atoms with Crippen LogP contribution in [0.2, 0.25) is 0 Å². The zero-order valence-electron chi connectivity index (χ0n) is 10.2. The highest BCUT2D eigenvalue weighted by molar-refractivity contribution is 5.81.